The third-order valence-electron chi connectivity index (χ3n) is 4.00. The summed E-state index contributed by atoms with van der Waals surface area (Å²) < 4.78 is 1.29. The Morgan fingerprint density at radius 2 is 1.96 bits per heavy atom. The summed E-state index contributed by atoms with van der Waals surface area (Å²) in [5.41, 5.74) is 2.50. The highest BCUT2D eigenvalue weighted by Gasteiger charge is 2.24. The van der Waals surface area contributed by atoms with E-state index >= 15 is 0 Å². The third-order valence-corrected chi connectivity index (χ3v) is 4.00. The molecule has 1 aromatic heterocycles. The molecule has 1 heterocycles. The van der Waals surface area contributed by atoms with Gasteiger partial charge in [0, 0.05) is 11.8 Å². The molecule has 0 spiro atoms. The summed E-state index contributed by atoms with van der Waals surface area (Å²) in [6.07, 6.45) is 4.17. The zero-order chi connectivity index (χ0) is 17.0. The van der Waals surface area contributed by atoms with Crippen LogP contribution in [0.4, 0.5) is 5.69 Å². The average molecular weight is 315 g/mol. The number of aromatic nitrogens is 2. The number of nitro benzene ring substituents is 1. The molecule has 6 heteroatoms. The van der Waals surface area contributed by atoms with Gasteiger partial charge in [0.1, 0.15) is 5.56 Å². The van der Waals surface area contributed by atoms with Crippen molar-refractivity contribution in [2.24, 2.45) is 0 Å². The SMILES string of the molecule is CCCCCc1c(C)nn(C(=O)c2ccccc2[N+](=O)[O-])c1C. The molecule has 23 heavy (non-hydrogen) atoms. The molecule has 0 saturated carbocycles. The van der Waals surface area contributed by atoms with Crippen LogP contribution in [-0.4, -0.2) is 20.6 Å². The summed E-state index contributed by atoms with van der Waals surface area (Å²) in [4.78, 5) is 23.3. The minimum Gasteiger partial charge on any atom is -0.266 e. The van der Waals surface area contributed by atoms with Crippen molar-refractivity contribution < 1.29 is 9.72 Å². The van der Waals surface area contributed by atoms with Gasteiger partial charge < -0.3 is 0 Å². The van der Waals surface area contributed by atoms with Crippen LogP contribution >= 0.6 is 0 Å². The molecule has 0 bridgehead atoms. The minimum atomic E-state index is -0.541. The molecular formula is C17H21N3O3. The van der Waals surface area contributed by atoms with Crippen molar-refractivity contribution in [3.63, 3.8) is 0 Å². The molecule has 2 aromatic rings. The van der Waals surface area contributed by atoms with Gasteiger partial charge in [0.25, 0.3) is 11.6 Å². The maximum absolute atomic E-state index is 12.7. The molecule has 0 saturated heterocycles. The van der Waals surface area contributed by atoms with Crippen molar-refractivity contribution in [2.45, 2.75) is 46.5 Å². The molecule has 0 N–H and O–H groups in total. The number of hydrogen-bond donors (Lipinski definition) is 0. The van der Waals surface area contributed by atoms with E-state index in [1.165, 1.54) is 16.8 Å². The highest BCUT2D eigenvalue weighted by Crippen LogP contribution is 2.22. The summed E-state index contributed by atoms with van der Waals surface area (Å²) in [6, 6.07) is 5.97. The average Bonchev–Trinajstić information content (AvgIpc) is 2.82. The summed E-state index contributed by atoms with van der Waals surface area (Å²) in [6.45, 7) is 5.85. The number of nitro groups is 1. The Morgan fingerprint density at radius 1 is 1.26 bits per heavy atom. The first kappa shape index (κ1) is 16.9. The Balaban J connectivity index is 2.38. The fourth-order valence-electron chi connectivity index (χ4n) is 2.71. The van der Waals surface area contributed by atoms with E-state index in [1.807, 2.05) is 13.8 Å². The van der Waals surface area contributed by atoms with Gasteiger partial charge in [0.05, 0.1) is 10.6 Å². The van der Waals surface area contributed by atoms with E-state index in [1.54, 1.807) is 12.1 Å². The lowest BCUT2D eigenvalue weighted by Crippen LogP contribution is -2.17. The Labute approximate surface area is 135 Å². The number of carbonyl (C=O) groups is 1. The van der Waals surface area contributed by atoms with Crippen molar-refractivity contribution in [3.8, 4) is 0 Å². The second-order valence-electron chi connectivity index (χ2n) is 5.60. The van der Waals surface area contributed by atoms with Crippen LogP contribution in [0.5, 0.6) is 0 Å². The molecule has 0 radical (unpaired) electrons. The van der Waals surface area contributed by atoms with Gasteiger partial charge in [-0.3, -0.25) is 14.9 Å². The first-order valence-electron chi connectivity index (χ1n) is 7.80. The first-order chi connectivity index (χ1) is 11.0. The second kappa shape index (κ2) is 7.17. The second-order valence-corrected chi connectivity index (χ2v) is 5.60. The molecule has 0 fully saturated rings. The zero-order valence-electron chi connectivity index (χ0n) is 13.7. The van der Waals surface area contributed by atoms with E-state index in [-0.39, 0.29) is 11.3 Å². The maximum Gasteiger partial charge on any atom is 0.285 e. The molecule has 0 atom stereocenters. The quantitative estimate of drug-likeness (QED) is 0.461. The molecule has 6 nitrogen and oxygen atoms in total. The van der Waals surface area contributed by atoms with Gasteiger partial charge in [-0.05, 0) is 38.3 Å². The van der Waals surface area contributed by atoms with Gasteiger partial charge in [0.15, 0.2) is 0 Å². The lowest BCUT2D eigenvalue weighted by atomic mass is 10.1. The largest absolute Gasteiger partial charge is 0.285 e. The van der Waals surface area contributed by atoms with Gasteiger partial charge in [0.2, 0.25) is 0 Å². The summed E-state index contributed by atoms with van der Waals surface area (Å²) in [7, 11) is 0. The van der Waals surface area contributed by atoms with Crippen LogP contribution in [0.1, 0.15) is 53.5 Å². The number of aryl methyl sites for hydroxylation is 1. The Kier molecular flexibility index (Phi) is 5.26. The third kappa shape index (κ3) is 3.47. The van der Waals surface area contributed by atoms with Crippen molar-refractivity contribution in [1.82, 2.24) is 9.78 Å². The summed E-state index contributed by atoms with van der Waals surface area (Å²) in [5.74, 6) is -0.459. The molecule has 0 amide bonds. The van der Waals surface area contributed by atoms with Crippen LogP contribution in [-0.2, 0) is 6.42 Å². The highest BCUT2D eigenvalue weighted by molar-refractivity contribution is 5.99. The van der Waals surface area contributed by atoms with Gasteiger partial charge >= 0.3 is 0 Å². The minimum absolute atomic E-state index is 0.0585. The van der Waals surface area contributed by atoms with Gasteiger partial charge in [-0.25, -0.2) is 4.68 Å². The lowest BCUT2D eigenvalue weighted by Gasteiger charge is -2.05. The molecule has 0 aliphatic rings. The number of nitrogens with zero attached hydrogens (tertiary/aromatic N) is 3. The number of carbonyl (C=O) groups excluding carboxylic acids is 1. The van der Waals surface area contributed by atoms with Crippen molar-refractivity contribution >= 4 is 11.6 Å². The van der Waals surface area contributed by atoms with E-state index in [9.17, 15) is 14.9 Å². The standard InChI is InChI=1S/C17H21N3O3/c1-4-5-6-9-14-12(2)18-19(13(14)3)17(21)15-10-7-8-11-16(15)20(22)23/h7-8,10-11H,4-6,9H2,1-3H3. The fraction of sp³-hybridized carbons (Fsp3) is 0.412. The number of benzene rings is 1. The summed E-state index contributed by atoms with van der Waals surface area (Å²) in [5, 5.41) is 15.4. The molecule has 0 aliphatic heterocycles. The Hall–Kier alpha value is -2.50. The number of hydrogen-bond acceptors (Lipinski definition) is 4. The fourth-order valence-corrected chi connectivity index (χ4v) is 2.71. The number of unbranched alkanes of at least 4 members (excludes halogenated alkanes) is 2. The molecule has 1 aromatic carbocycles. The van der Waals surface area contributed by atoms with Crippen LogP contribution in [0.25, 0.3) is 0 Å². The van der Waals surface area contributed by atoms with E-state index in [4.69, 9.17) is 0 Å². The molecule has 0 unspecified atom stereocenters. The molecule has 0 aliphatic carbocycles. The monoisotopic (exact) mass is 315 g/mol. The van der Waals surface area contributed by atoms with Crippen LogP contribution < -0.4 is 0 Å². The number of para-hydroxylation sites is 1. The van der Waals surface area contributed by atoms with Gasteiger partial charge in [-0.2, -0.15) is 5.10 Å². The Bertz CT molecular complexity index is 735. The lowest BCUT2D eigenvalue weighted by molar-refractivity contribution is -0.385. The molecule has 122 valence electrons. The molecular weight excluding hydrogens is 294 g/mol. The van der Waals surface area contributed by atoms with Gasteiger partial charge in [-0.15, -0.1) is 0 Å². The van der Waals surface area contributed by atoms with Crippen LogP contribution in [0, 0.1) is 24.0 Å². The van der Waals surface area contributed by atoms with Crippen LogP contribution in [0.3, 0.4) is 0 Å². The van der Waals surface area contributed by atoms with E-state index in [2.05, 4.69) is 12.0 Å². The van der Waals surface area contributed by atoms with Crippen LogP contribution in [0.2, 0.25) is 0 Å². The van der Waals surface area contributed by atoms with Gasteiger partial charge in [-0.1, -0.05) is 31.9 Å². The number of rotatable bonds is 6. The highest BCUT2D eigenvalue weighted by atomic mass is 16.6. The van der Waals surface area contributed by atoms with E-state index in [0.29, 0.717) is 0 Å². The maximum atomic E-state index is 12.7. The predicted molar refractivity (Wildman–Crippen MR) is 87.8 cm³/mol. The molecule has 2 rings (SSSR count). The Morgan fingerprint density at radius 3 is 2.61 bits per heavy atom. The summed E-state index contributed by atoms with van der Waals surface area (Å²) >= 11 is 0. The smallest absolute Gasteiger partial charge is 0.266 e. The zero-order valence-corrected chi connectivity index (χ0v) is 13.7. The van der Waals surface area contributed by atoms with Crippen molar-refractivity contribution in [2.75, 3.05) is 0 Å². The predicted octanol–water partition coefficient (Wildman–Crippen LogP) is 3.83. The topological polar surface area (TPSA) is 78.0 Å². The van der Waals surface area contributed by atoms with Crippen LogP contribution in [0.15, 0.2) is 24.3 Å². The van der Waals surface area contributed by atoms with E-state index < -0.39 is 10.8 Å². The van der Waals surface area contributed by atoms with E-state index in [0.717, 1.165) is 42.6 Å². The first-order valence-corrected chi connectivity index (χ1v) is 7.80. The van der Waals surface area contributed by atoms with Crippen molar-refractivity contribution in [3.05, 3.63) is 56.9 Å². The van der Waals surface area contributed by atoms with Crippen molar-refractivity contribution in [1.29, 1.82) is 0 Å². The normalized spacial score (nSPS) is 10.7.